The van der Waals surface area contributed by atoms with Crippen LogP contribution in [-0.4, -0.2) is 10.6 Å². The van der Waals surface area contributed by atoms with E-state index in [1.165, 1.54) is 25.7 Å². The van der Waals surface area contributed by atoms with Crippen molar-refractivity contribution in [2.45, 2.75) is 57.2 Å². The Hall–Kier alpha value is 0.150. The molecule has 82 valence electrons. The van der Waals surface area contributed by atoms with E-state index in [0.29, 0.717) is 11.7 Å². The third-order valence-corrected chi connectivity index (χ3v) is 3.79. The van der Waals surface area contributed by atoms with E-state index >= 15 is 0 Å². The van der Waals surface area contributed by atoms with Crippen molar-refractivity contribution in [3.8, 4) is 0 Å². The van der Waals surface area contributed by atoms with Crippen LogP contribution in [-0.2, 0) is 4.79 Å². The molecule has 1 aliphatic rings. The van der Waals surface area contributed by atoms with Gasteiger partial charge in [0.05, 0.1) is 4.83 Å². The summed E-state index contributed by atoms with van der Waals surface area (Å²) in [5, 5.41) is 0. The quantitative estimate of drug-likeness (QED) is 0.700. The third-order valence-electron chi connectivity index (χ3n) is 3.34. The van der Waals surface area contributed by atoms with E-state index in [2.05, 4.69) is 22.9 Å². The minimum Gasteiger partial charge on any atom is -0.298 e. The summed E-state index contributed by atoms with van der Waals surface area (Å²) in [5.41, 5.74) is 0. The monoisotopic (exact) mass is 260 g/mol. The molecule has 1 unspecified atom stereocenters. The van der Waals surface area contributed by atoms with Crippen LogP contribution in [0.5, 0.6) is 0 Å². The number of carbonyl (C=O) groups is 1. The molecule has 1 rings (SSSR count). The number of halogens is 1. The summed E-state index contributed by atoms with van der Waals surface area (Å²) >= 11 is 3.37. The van der Waals surface area contributed by atoms with Crippen molar-refractivity contribution in [1.82, 2.24) is 0 Å². The van der Waals surface area contributed by atoms with Gasteiger partial charge >= 0.3 is 0 Å². The highest BCUT2D eigenvalue weighted by atomic mass is 79.9. The molecule has 1 saturated carbocycles. The fourth-order valence-electron chi connectivity index (χ4n) is 2.47. The highest BCUT2D eigenvalue weighted by Gasteiger charge is 2.27. The minimum absolute atomic E-state index is 0.0511. The smallest absolute Gasteiger partial charge is 0.149 e. The van der Waals surface area contributed by atoms with Gasteiger partial charge in [-0.2, -0.15) is 0 Å². The summed E-state index contributed by atoms with van der Waals surface area (Å²) in [6.45, 7) is 4.19. The topological polar surface area (TPSA) is 17.1 Å². The largest absolute Gasteiger partial charge is 0.298 e. The molecule has 0 aromatic rings. The molecule has 0 aromatic heterocycles. The Morgan fingerprint density at radius 3 is 2.36 bits per heavy atom. The van der Waals surface area contributed by atoms with Gasteiger partial charge in [0.15, 0.2) is 0 Å². The van der Waals surface area contributed by atoms with Crippen molar-refractivity contribution >= 4 is 21.7 Å². The highest BCUT2D eigenvalue weighted by Crippen LogP contribution is 2.33. The second-order valence-corrected chi connectivity index (χ2v) is 5.90. The molecule has 0 radical (unpaired) electrons. The van der Waals surface area contributed by atoms with E-state index in [4.69, 9.17) is 0 Å². The summed E-state index contributed by atoms with van der Waals surface area (Å²) in [5.74, 6) is 1.66. The van der Waals surface area contributed by atoms with Crippen LogP contribution in [0.25, 0.3) is 0 Å². The number of Topliss-reactive ketones (excluding diaryl/α,β-unsaturated/α-hetero) is 1. The number of alkyl halides is 1. The van der Waals surface area contributed by atoms with E-state index in [9.17, 15) is 4.79 Å². The van der Waals surface area contributed by atoms with Crippen LogP contribution in [0.2, 0.25) is 0 Å². The average Bonchev–Trinajstić information content (AvgIpc) is 2.18. The van der Waals surface area contributed by atoms with Crippen LogP contribution in [0.15, 0.2) is 0 Å². The second-order valence-electron chi connectivity index (χ2n) is 4.52. The number of rotatable bonds is 4. The zero-order valence-electron chi connectivity index (χ0n) is 9.26. The van der Waals surface area contributed by atoms with Gasteiger partial charge in [0, 0.05) is 5.92 Å². The number of hydrogen-bond acceptors (Lipinski definition) is 1. The number of hydrogen-bond donors (Lipinski definition) is 0. The molecule has 2 heteroatoms. The summed E-state index contributed by atoms with van der Waals surface area (Å²) in [6.07, 6.45) is 7.43. The molecule has 1 atom stereocenters. The van der Waals surface area contributed by atoms with Crippen LogP contribution in [0.1, 0.15) is 52.4 Å². The van der Waals surface area contributed by atoms with Crippen LogP contribution in [0.3, 0.4) is 0 Å². The molecule has 1 nitrogen and oxygen atoms in total. The summed E-state index contributed by atoms with van der Waals surface area (Å²) in [4.78, 5) is 11.8. The van der Waals surface area contributed by atoms with Gasteiger partial charge in [-0.1, -0.05) is 35.7 Å². The Kier molecular flexibility index (Phi) is 5.14. The molecular formula is C12H21BrO. The highest BCUT2D eigenvalue weighted by molar-refractivity contribution is 9.10. The maximum atomic E-state index is 11.7. The lowest BCUT2D eigenvalue weighted by molar-refractivity contribution is -0.123. The molecule has 0 bridgehead atoms. The molecule has 0 amide bonds. The zero-order valence-corrected chi connectivity index (χ0v) is 10.8. The summed E-state index contributed by atoms with van der Waals surface area (Å²) in [7, 11) is 0. The van der Waals surface area contributed by atoms with Crippen molar-refractivity contribution in [3.05, 3.63) is 0 Å². The van der Waals surface area contributed by atoms with Gasteiger partial charge in [-0.3, -0.25) is 4.79 Å². The SMILES string of the molecule is CCCC1CCC(C(=O)C(C)Br)CC1. The third kappa shape index (κ3) is 3.38. The molecule has 0 spiro atoms. The fourth-order valence-corrected chi connectivity index (χ4v) is 2.84. The van der Waals surface area contributed by atoms with Crippen LogP contribution in [0, 0.1) is 11.8 Å². The first-order chi connectivity index (χ1) is 6.65. The van der Waals surface area contributed by atoms with Crippen molar-refractivity contribution in [3.63, 3.8) is 0 Å². The van der Waals surface area contributed by atoms with Gasteiger partial charge in [0.2, 0.25) is 0 Å². The summed E-state index contributed by atoms with van der Waals surface area (Å²) < 4.78 is 0. The molecule has 1 aliphatic carbocycles. The Balaban J connectivity index is 2.32. The minimum atomic E-state index is 0.0511. The van der Waals surface area contributed by atoms with Crippen molar-refractivity contribution < 1.29 is 4.79 Å². The van der Waals surface area contributed by atoms with Crippen molar-refractivity contribution in [2.24, 2.45) is 11.8 Å². The van der Waals surface area contributed by atoms with Gasteiger partial charge in [0.1, 0.15) is 5.78 Å². The maximum Gasteiger partial charge on any atom is 0.149 e. The van der Waals surface area contributed by atoms with Crippen LogP contribution < -0.4 is 0 Å². The van der Waals surface area contributed by atoms with E-state index in [-0.39, 0.29) is 4.83 Å². The van der Waals surface area contributed by atoms with E-state index in [1.54, 1.807) is 0 Å². The van der Waals surface area contributed by atoms with Gasteiger partial charge in [-0.05, 0) is 38.5 Å². The van der Waals surface area contributed by atoms with Crippen LogP contribution in [0.4, 0.5) is 0 Å². The van der Waals surface area contributed by atoms with Crippen LogP contribution >= 0.6 is 15.9 Å². The van der Waals surface area contributed by atoms with E-state index < -0.39 is 0 Å². The van der Waals surface area contributed by atoms with E-state index in [0.717, 1.165) is 18.8 Å². The van der Waals surface area contributed by atoms with Crippen molar-refractivity contribution in [1.29, 1.82) is 0 Å². The Morgan fingerprint density at radius 1 is 1.36 bits per heavy atom. The number of carbonyl (C=O) groups excluding carboxylic acids is 1. The average molecular weight is 261 g/mol. The lowest BCUT2D eigenvalue weighted by Gasteiger charge is -2.28. The van der Waals surface area contributed by atoms with E-state index in [1.807, 2.05) is 6.92 Å². The summed E-state index contributed by atoms with van der Waals surface area (Å²) in [6, 6.07) is 0. The normalized spacial score (nSPS) is 29.9. The van der Waals surface area contributed by atoms with Gasteiger partial charge in [0.25, 0.3) is 0 Å². The van der Waals surface area contributed by atoms with Gasteiger partial charge < -0.3 is 0 Å². The molecule has 0 saturated heterocycles. The predicted octanol–water partition coefficient (Wildman–Crippen LogP) is 3.95. The van der Waals surface area contributed by atoms with Crippen molar-refractivity contribution in [2.75, 3.05) is 0 Å². The zero-order chi connectivity index (χ0) is 10.6. The molecule has 0 heterocycles. The number of ketones is 1. The first-order valence-electron chi connectivity index (χ1n) is 5.83. The fraction of sp³-hybridized carbons (Fsp3) is 0.917. The first-order valence-corrected chi connectivity index (χ1v) is 6.74. The molecule has 0 aliphatic heterocycles. The molecule has 0 aromatic carbocycles. The second kappa shape index (κ2) is 5.89. The van der Waals surface area contributed by atoms with Gasteiger partial charge in [-0.15, -0.1) is 0 Å². The standard InChI is InChI=1S/C12H21BrO/c1-3-4-10-5-7-11(8-6-10)12(14)9(2)13/h9-11H,3-8H2,1-2H3. The Bertz CT molecular complexity index is 181. The Morgan fingerprint density at radius 2 is 1.93 bits per heavy atom. The first kappa shape index (κ1) is 12.2. The lowest BCUT2D eigenvalue weighted by Crippen LogP contribution is -2.26. The van der Waals surface area contributed by atoms with Gasteiger partial charge in [-0.25, -0.2) is 0 Å². The molecule has 1 fully saturated rings. The molecule has 14 heavy (non-hydrogen) atoms. The molecular weight excluding hydrogens is 240 g/mol. The molecule has 0 N–H and O–H groups in total. The maximum absolute atomic E-state index is 11.7. The lowest BCUT2D eigenvalue weighted by atomic mass is 9.78. The Labute approximate surface area is 95.8 Å². The predicted molar refractivity (Wildman–Crippen MR) is 63.8 cm³/mol.